The van der Waals surface area contributed by atoms with Crippen LogP contribution >= 0.6 is 37.9 Å². The Balaban J connectivity index is 2.43. The standard InChI is InChI=1S/C12H6BrClO2S2/c13-7-1-3-9-10-6-8(18(14,15)16)2-4-11(10)17-12(9)5-7/h1-6H. The average Bonchev–Trinajstić information content (AvgIpc) is 2.63. The summed E-state index contributed by atoms with van der Waals surface area (Å²) in [6.45, 7) is 0. The summed E-state index contributed by atoms with van der Waals surface area (Å²) in [6.07, 6.45) is 0. The summed E-state index contributed by atoms with van der Waals surface area (Å²) in [4.78, 5) is 0.138. The minimum Gasteiger partial charge on any atom is -0.207 e. The van der Waals surface area contributed by atoms with Gasteiger partial charge in [0.05, 0.1) is 4.90 Å². The van der Waals surface area contributed by atoms with Crippen LogP contribution in [0.15, 0.2) is 45.8 Å². The van der Waals surface area contributed by atoms with Gasteiger partial charge in [0.2, 0.25) is 0 Å². The van der Waals surface area contributed by atoms with Crippen LogP contribution < -0.4 is 0 Å². The van der Waals surface area contributed by atoms with Crippen LogP contribution in [0.5, 0.6) is 0 Å². The van der Waals surface area contributed by atoms with Crippen molar-refractivity contribution in [2.75, 3.05) is 0 Å². The van der Waals surface area contributed by atoms with Crippen LogP contribution in [0.4, 0.5) is 0 Å². The highest BCUT2D eigenvalue weighted by Crippen LogP contribution is 2.36. The van der Waals surface area contributed by atoms with Crippen molar-refractivity contribution < 1.29 is 8.42 Å². The fourth-order valence-corrected chi connectivity index (χ4v) is 4.30. The molecule has 6 heteroatoms. The molecule has 0 saturated carbocycles. The molecule has 0 aliphatic rings. The van der Waals surface area contributed by atoms with Crippen molar-refractivity contribution in [3.63, 3.8) is 0 Å². The lowest BCUT2D eigenvalue weighted by Gasteiger charge is -1.97. The largest absolute Gasteiger partial charge is 0.261 e. The predicted octanol–water partition coefficient (Wildman–Crippen LogP) is 4.74. The Hall–Kier alpha value is -0.620. The van der Waals surface area contributed by atoms with Crippen molar-refractivity contribution in [1.29, 1.82) is 0 Å². The van der Waals surface area contributed by atoms with E-state index in [1.807, 2.05) is 18.2 Å². The van der Waals surface area contributed by atoms with Crippen molar-refractivity contribution >= 4 is 67.2 Å². The molecule has 3 rings (SSSR count). The van der Waals surface area contributed by atoms with Crippen molar-refractivity contribution in [2.24, 2.45) is 0 Å². The minimum atomic E-state index is -3.68. The molecule has 0 bridgehead atoms. The number of fused-ring (bicyclic) bond motifs is 3. The number of benzene rings is 2. The van der Waals surface area contributed by atoms with E-state index >= 15 is 0 Å². The molecule has 1 aromatic heterocycles. The third-order valence-corrected chi connectivity index (χ3v) is 5.66. The third-order valence-electron chi connectivity index (χ3n) is 2.69. The zero-order valence-electron chi connectivity index (χ0n) is 8.85. The summed E-state index contributed by atoms with van der Waals surface area (Å²) in [7, 11) is 1.69. The van der Waals surface area contributed by atoms with Crippen molar-refractivity contribution in [2.45, 2.75) is 4.90 Å². The summed E-state index contributed by atoms with van der Waals surface area (Å²) in [5.74, 6) is 0. The maximum absolute atomic E-state index is 11.3. The molecule has 92 valence electrons. The highest BCUT2D eigenvalue weighted by Gasteiger charge is 2.13. The van der Waals surface area contributed by atoms with Gasteiger partial charge in [0.25, 0.3) is 9.05 Å². The lowest BCUT2D eigenvalue weighted by Crippen LogP contribution is -1.88. The van der Waals surface area contributed by atoms with Crippen molar-refractivity contribution in [1.82, 2.24) is 0 Å². The first-order chi connectivity index (χ1) is 8.45. The Morgan fingerprint density at radius 2 is 1.78 bits per heavy atom. The van der Waals surface area contributed by atoms with Gasteiger partial charge in [-0.05, 0) is 30.3 Å². The summed E-state index contributed by atoms with van der Waals surface area (Å²) in [6, 6.07) is 10.9. The summed E-state index contributed by atoms with van der Waals surface area (Å²) in [5.41, 5.74) is 0. The smallest absolute Gasteiger partial charge is 0.207 e. The lowest BCUT2D eigenvalue weighted by molar-refractivity contribution is 0.609. The fourth-order valence-electron chi connectivity index (χ4n) is 1.88. The van der Waals surface area contributed by atoms with Gasteiger partial charge in [0.1, 0.15) is 0 Å². The molecule has 0 aliphatic heterocycles. The Morgan fingerprint density at radius 3 is 2.50 bits per heavy atom. The molecule has 18 heavy (non-hydrogen) atoms. The number of halogens is 2. The summed E-state index contributed by atoms with van der Waals surface area (Å²) < 4.78 is 25.9. The molecule has 3 aromatic rings. The Morgan fingerprint density at radius 1 is 1.00 bits per heavy atom. The molecule has 0 N–H and O–H groups in total. The lowest BCUT2D eigenvalue weighted by atomic mass is 10.1. The van der Waals surface area contributed by atoms with E-state index in [9.17, 15) is 8.42 Å². The molecule has 0 saturated heterocycles. The van der Waals surface area contributed by atoms with Crippen LogP contribution in [0, 0.1) is 0 Å². The molecule has 0 atom stereocenters. The quantitative estimate of drug-likeness (QED) is 0.586. The van der Waals surface area contributed by atoms with Crippen LogP contribution in [-0.2, 0) is 9.05 Å². The van der Waals surface area contributed by atoms with Crippen molar-refractivity contribution in [3.8, 4) is 0 Å². The molecule has 2 nitrogen and oxygen atoms in total. The first kappa shape index (κ1) is 12.4. The van der Waals surface area contributed by atoms with E-state index in [2.05, 4.69) is 15.9 Å². The second-order valence-electron chi connectivity index (χ2n) is 3.84. The van der Waals surface area contributed by atoms with Crippen LogP contribution in [0.2, 0.25) is 0 Å². The maximum Gasteiger partial charge on any atom is 0.261 e. The fraction of sp³-hybridized carbons (Fsp3) is 0. The molecular weight excluding hydrogens is 356 g/mol. The SMILES string of the molecule is O=S(=O)(Cl)c1ccc2sc3cc(Br)ccc3c2c1. The van der Waals surface area contributed by atoms with Crippen molar-refractivity contribution in [3.05, 3.63) is 40.9 Å². The molecule has 0 aliphatic carbocycles. The molecule has 1 heterocycles. The first-order valence-corrected chi connectivity index (χ1v) is 8.93. The average molecular weight is 362 g/mol. The number of thiophene rings is 1. The van der Waals surface area contributed by atoms with Gasteiger partial charge in [0.15, 0.2) is 0 Å². The third kappa shape index (κ3) is 2.05. The van der Waals surface area contributed by atoms with Gasteiger partial charge in [-0.1, -0.05) is 22.0 Å². The zero-order valence-corrected chi connectivity index (χ0v) is 12.8. The molecule has 0 amide bonds. The van der Waals surface area contributed by atoms with Crippen LogP contribution in [0.25, 0.3) is 20.2 Å². The van der Waals surface area contributed by atoms with Gasteiger partial charge in [0, 0.05) is 35.3 Å². The Bertz CT molecular complexity index is 868. The normalized spacial score (nSPS) is 12.3. The van der Waals surface area contributed by atoms with Gasteiger partial charge in [-0.3, -0.25) is 0 Å². The van der Waals surface area contributed by atoms with Gasteiger partial charge < -0.3 is 0 Å². The Labute approximate surface area is 121 Å². The maximum atomic E-state index is 11.3. The summed E-state index contributed by atoms with van der Waals surface area (Å²) in [5, 5.41) is 1.96. The molecule has 0 spiro atoms. The highest BCUT2D eigenvalue weighted by atomic mass is 79.9. The van der Waals surface area contributed by atoms with Gasteiger partial charge in [-0.2, -0.15) is 0 Å². The predicted molar refractivity (Wildman–Crippen MR) is 80.1 cm³/mol. The van der Waals surface area contributed by atoms with E-state index < -0.39 is 9.05 Å². The first-order valence-electron chi connectivity index (χ1n) is 5.02. The second-order valence-corrected chi connectivity index (χ2v) is 8.40. The van der Waals surface area contributed by atoms with Crippen LogP contribution in [-0.4, -0.2) is 8.42 Å². The minimum absolute atomic E-state index is 0.138. The van der Waals surface area contributed by atoms with Crippen LogP contribution in [0.3, 0.4) is 0 Å². The van der Waals surface area contributed by atoms with E-state index in [0.717, 1.165) is 24.6 Å². The van der Waals surface area contributed by atoms with E-state index in [1.54, 1.807) is 23.5 Å². The van der Waals surface area contributed by atoms with E-state index in [1.165, 1.54) is 6.07 Å². The van der Waals surface area contributed by atoms with E-state index in [-0.39, 0.29) is 4.90 Å². The summed E-state index contributed by atoms with van der Waals surface area (Å²) >= 11 is 5.05. The zero-order chi connectivity index (χ0) is 12.9. The Kier molecular flexibility index (Phi) is 2.90. The van der Waals surface area contributed by atoms with Gasteiger partial charge in [-0.15, -0.1) is 11.3 Å². The second kappa shape index (κ2) is 4.20. The number of hydrogen-bond donors (Lipinski definition) is 0. The van der Waals surface area contributed by atoms with E-state index in [0.29, 0.717) is 0 Å². The molecule has 2 aromatic carbocycles. The number of rotatable bonds is 1. The molecule has 0 radical (unpaired) electrons. The van der Waals surface area contributed by atoms with Crippen LogP contribution in [0.1, 0.15) is 0 Å². The molecule has 0 unspecified atom stereocenters. The number of hydrogen-bond acceptors (Lipinski definition) is 3. The van der Waals surface area contributed by atoms with Gasteiger partial charge in [-0.25, -0.2) is 8.42 Å². The van der Waals surface area contributed by atoms with E-state index in [4.69, 9.17) is 10.7 Å². The topological polar surface area (TPSA) is 34.1 Å². The molecule has 0 fully saturated rings. The highest BCUT2D eigenvalue weighted by molar-refractivity contribution is 9.10. The molecular formula is C12H6BrClO2S2. The van der Waals surface area contributed by atoms with Gasteiger partial charge >= 0.3 is 0 Å². The monoisotopic (exact) mass is 360 g/mol.